The number of benzene rings is 3. The van der Waals surface area contributed by atoms with Crippen LogP contribution in [0.1, 0.15) is 21.5 Å². The van der Waals surface area contributed by atoms with E-state index in [1.807, 2.05) is 43.3 Å². The first-order valence-electron chi connectivity index (χ1n) is 9.98. The van der Waals surface area contributed by atoms with Gasteiger partial charge in [0.25, 0.3) is 11.8 Å². The first-order chi connectivity index (χ1) is 15.8. The van der Waals surface area contributed by atoms with Crippen molar-refractivity contribution in [2.24, 2.45) is 5.10 Å². The Morgan fingerprint density at radius 1 is 0.970 bits per heavy atom. The van der Waals surface area contributed by atoms with Gasteiger partial charge < -0.3 is 10.2 Å². The molecule has 0 unspecified atom stereocenters. The maximum Gasteiger partial charge on any atom is 0.287 e. The van der Waals surface area contributed by atoms with E-state index in [0.717, 1.165) is 5.69 Å². The molecular weight excluding hydrogens is 443 g/mol. The highest BCUT2D eigenvalue weighted by molar-refractivity contribution is 6.34. The maximum atomic E-state index is 13.8. The highest BCUT2D eigenvalue weighted by Gasteiger charge is 2.16. The number of hydrogen-bond acceptors (Lipinski definition) is 4. The quantitative estimate of drug-likeness (QED) is 0.308. The Hall–Kier alpha value is -3.97. The van der Waals surface area contributed by atoms with Crippen molar-refractivity contribution >= 4 is 41.4 Å². The summed E-state index contributed by atoms with van der Waals surface area (Å²) in [5, 5.41) is 6.65. The van der Waals surface area contributed by atoms with Crippen LogP contribution >= 0.6 is 11.6 Å². The minimum absolute atomic E-state index is 0.0526. The average molecular weight is 465 g/mol. The summed E-state index contributed by atoms with van der Waals surface area (Å²) < 4.78 is 13.8. The number of nitrogens with zero attached hydrogens (tertiary/aromatic N) is 2. The van der Waals surface area contributed by atoms with E-state index in [1.54, 1.807) is 36.4 Å². The van der Waals surface area contributed by atoms with Crippen LogP contribution in [0.3, 0.4) is 0 Å². The Kier molecular flexibility index (Phi) is 7.94. The third-order valence-electron chi connectivity index (χ3n) is 4.61. The Balaban J connectivity index is 1.85. The molecule has 0 saturated heterocycles. The van der Waals surface area contributed by atoms with Gasteiger partial charge in [0.05, 0.1) is 16.8 Å². The summed E-state index contributed by atoms with van der Waals surface area (Å²) in [6.45, 7) is 0. The van der Waals surface area contributed by atoms with Crippen LogP contribution in [0.5, 0.6) is 0 Å². The van der Waals surface area contributed by atoms with Gasteiger partial charge in [-0.05, 0) is 42.0 Å². The van der Waals surface area contributed by atoms with Crippen molar-refractivity contribution < 1.29 is 14.0 Å². The second-order valence-corrected chi connectivity index (χ2v) is 7.61. The fraction of sp³-hybridized carbons (Fsp3) is 0.0800. The lowest BCUT2D eigenvalue weighted by Crippen LogP contribution is -2.33. The van der Waals surface area contributed by atoms with Crippen molar-refractivity contribution in [3.8, 4) is 0 Å². The van der Waals surface area contributed by atoms with Crippen LogP contribution in [0.2, 0.25) is 5.02 Å². The number of hydrazone groups is 1. The second-order valence-electron chi connectivity index (χ2n) is 7.20. The highest BCUT2D eigenvalue weighted by atomic mass is 35.5. The largest absolute Gasteiger partial charge is 0.378 e. The minimum atomic E-state index is -0.681. The standard InChI is InChI=1S/C25H22ClFN4O2/c1-31(2)19-13-11-17(12-14-19)15-23(29-24(32)20-8-4-5-9-21(20)26)25(33)30-28-16-18-7-3-6-10-22(18)27/h3-16H,1-2H3,(H,29,32)(H,30,33)/b23-15+,28-16+. The number of amides is 2. The topological polar surface area (TPSA) is 73.8 Å². The SMILES string of the molecule is CN(C)c1ccc(/C=C(/NC(=O)c2ccccc2Cl)C(=O)N/N=C/c2ccccc2F)cc1. The molecule has 2 N–H and O–H groups in total. The van der Waals surface area contributed by atoms with Crippen LogP contribution in [-0.4, -0.2) is 32.1 Å². The van der Waals surface area contributed by atoms with E-state index in [0.29, 0.717) is 5.56 Å². The van der Waals surface area contributed by atoms with Crippen LogP contribution < -0.4 is 15.6 Å². The van der Waals surface area contributed by atoms with Gasteiger partial charge in [0, 0.05) is 25.3 Å². The number of carbonyl (C=O) groups excluding carboxylic acids is 2. The molecule has 2 amide bonds. The monoisotopic (exact) mass is 464 g/mol. The summed E-state index contributed by atoms with van der Waals surface area (Å²) in [5.41, 5.74) is 4.36. The summed E-state index contributed by atoms with van der Waals surface area (Å²) in [6, 6.07) is 19.9. The summed E-state index contributed by atoms with van der Waals surface area (Å²) in [5.74, 6) is -1.70. The van der Waals surface area contributed by atoms with E-state index in [1.165, 1.54) is 24.4 Å². The zero-order chi connectivity index (χ0) is 23.8. The molecular formula is C25H22ClFN4O2. The van der Waals surface area contributed by atoms with Gasteiger partial charge in [0.15, 0.2) is 0 Å². The van der Waals surface area contributed by atoms with Crippen molar-refractivity contribution in [2.75, 3.05) is 19.0 Å². The molecule has 0 heterocycles. The first kappa shape index (κ1) is 23.7. The minimum Gasteiger partial charge on any atom is -0.378 e. The lowest BCUT2D eigenvalue weighted by atomic mass is 10.1. The summed E-state index contributed by atoms with van der Waals surface area (Å²) in [4.78, 5) is 27.5. The van der Waals surface area contributed by atoms with E-state index >= 15 is 0 Å². The van der Waals surface area contributed by atoms with Gasteiger partial charge in [-0.1, -0.05) is 54.1 Å². The molecule has 0 bridgehead atoms. The normalized spacial score (nSPS) is 11.3. The Morgan fingerprint density at radius 3 is 2.30 bits per heavy atom. The third-order valence-corrected chi connectivity index (χ3v) is 4.94. The molecule has 0 atom stereocenters. The summed E-state index contributed by atoms with van der Waals surface area (Å²) >= 11 is 6.11. The van der Waals surface area contributed by atoms with E-state index in [4.69, 9.17) is 11.6 Å². The van der Waals surface area contributed by atoms with E-state index in [-0.39, 0.29) is 21.8 Å². The van der Waals surface area contributed by atoms with Crippen LogP contribution in [0.4, 0.5) is 10.1 Å². The molecule has 3 aromatic rings. The molecule has 0 aliphatic heterocycles. The molecule has 0 saturated carbocycles. The van der Waals surface area contributed by atoms with E-state index in [2.05, 4.69) is 15.8 Å². The maximum absolute atomic E-state index is 13.8. The number of carbonyl (C=O) groups is 2. The number of halogens is 2. The van der Waals surface area contributed by atoms with Gasteiger partial charge in [0.1, 0.15) is 11.5 Å². The molecule has 3 aromatic carbocycles. The van der Waals surface area contributed by atoms with Crippen molar-refractivity contribution in [1.29, 1.82) is 0 Å². The lowest BCUT2D eigenvalue weighted by molar-refractivity contribution is -0.117. The number of nitrogens with one attached hydrogen (secondary N) is 2. The smallest absolute Gasteiger partial charge is 0.287 e. The Bertz CT molecular complexity index is 1210. The zero-order valence-electron chi connectivity index (χ0n) is 18.0. The Labute approximate surface area is 196 Å². The Morgan fingerprint density at radius 2 is 1.64 bits per heavy atom. The molecule has 0 fully saturated rings. The third kappa shape index (κ3) is 6.51. The van der Waals surface area contributed by atoms with E-state index < -0.39 is 17.6 Å². The number of hydrogen-bond donors (Lipinski definition) is 2. The number of anilines is 1. The predicted molar refractivity (Wildman–Crippen MR) is 130 cm³/mol. The van der Waals surface area contributed by atoms with Gasteiger partial charge in [-0.15, -0.1) is 0 Å². The molecule has 0 aliphatic rings. The zero-order valence-corrected chi connectivity index (χ0v) is 18.8. The fourth-order valence-electron chi connectivity index (χ4n) is 2.83. The van der Waals surface area contributed by atoms with Gasteiger partial charge in [0.2, 0.25) is 0 Å². The molecule has 168 valence electrons. The van der Waals surface area contributed by atoms with Crippen molar-refractivity contribution in [3.05, 3.63) is 106 Å². The van der Waals surface area contributed by atoms with E-state index in [9.17, 15) is 14.0 Å². The molecule has 6 nitrogen and oxygen atoms in total. The summed E-state index contributed by atoms with van der Waals surface area (Å²) in [7, 11) is 3.84. The molecule has 0 aromatic heterocycles. The molecule has 3 rings (SSSR count). The molecule has 8 heteroatoms. The molecule has 0 spiro atoms. The van der Waals surface area contributed by atoms with Gasteiger partial charge in [-0.25, -0.2) is 9.82 Å². The van der Waals surface area contributed by atoms with Gasteiger partial charge in [-0.2, -0.15) is 5.10 Å². The van der Waals surface area contributed by atoms with Crippen molar-refractivity contribution in [3.63, 3.8) is 0 Å². The summed E-state index contributed by atoms with van der Waals surface area (Å²) in [6.07, 6.45) is 2.70. The highest BCUT2D eigenvalue weighted by Crippen LogP contribution is 2.17. The first-order valence-corrected chi connectivity index (χ1v) is 10.4. The lowest BCUT2D eigenvalue weighted by Gasteiger charge is -2.13. The van der Waals surface area contributed by atoms with Crippen molar-refractivity contribution in [1.82, 2.24) is 10.7 Å². The fourth-order valence-corrected chi connectivity index (χ4v) is 3.05. The van der Waals surface area contributed by atoms with Crippen LogP contribution in [0.25, 0.3) is 6.08 Å². The predicted octanol–water partition coefficient (Wildman–Crippen LogP) is 4.47. The van der Waals surface area contributed by atoms with Crippen LogP contribution in [0.15, 0.2) is 83.6 Å². The number of rotatable bonds is 7. The average Bonchev–Trinajstić information content (AvgIpc) is 2.80. The van der Waals surface area contributed by atoms with Crippen LogP contribution in [0, 0.1) is 5.82 Å². The van der Waals surface area contributed by atoms with Gasteiger partial charge >= 0.3 is 0 Å². The molecule has 0 aliphatic carbocycles. The van der Waals surface area contributed by atoms with Gasteiger partial charge in [-0.3, -0.25) is 9.59 Å². The van der Waals surface area contributed by atoms with Crippen LogP contribution in [-0.2, 0) is 4.79 Å². The van der Waals surface area contributed by atoms with Crippen molar-refractivity contribution in [2.45, 2.75) is 0 Å². The molecule has 0 radical (unpaired) electrons. The molecule has 33 heavy (non-hydrogen) atoms. The second kappa shape index (κ2) is 11.1.